The van der Waals surface area contributed by atoms with Crippen LogP contribution in [0.4, 0.5) is 5.95 Å². The van der Waals surface area contributed by atoms with Crippen LogP contribution in [0.25, 0.3) is 0 Å². The molecule has 0 radical (unpaired) electrons. The van der Waals surface area contributed by atoms with E-state index < -0.39 is 5.91 Å². The lowest BCUT2D eigenvalue weighted by Gasteiger charge is -2.28. The van der Waals surface area contributed by atoms with Crippen LogP contribution in [0.1, 0.15) is 68.9 Å². The summed E-state index contributed by atoms with van der Waals surface area (Å²) in [6.45, 7) is 6.12. The predicted molar refractivity (Wildman–Crippen MR) is 94.8 cm³/mol. The number of hydrogen-bond donors (Lipinski definition) is 3. The lowest BCUT2D eigenvalue weighted by Crippen LogP contribution is -2.28. The Morgan fingerprint density at radius 1 is 1.38 bits per heavy atom. The maximum Gasteiger partial charge on any atom is 0.252 e. The molecule has 1 aliphatic rings. The lowest BCUT2D eigenvalue weighted by atomic mass is 9.84. The lowest BCUT2D eigenvalue weighted by molar-refractivity contribution is 0.0996. The van der Waals surface area contributed by atoms with Crippen LogP contribution in [-0.4, -0.2) is 33.6 Å². The summed E-state index contributed by atoms with van der Waals surface area (Å²) in [5.41, 5.74) is 6.00. The molecule has 6 nitrogen and oxygen atoms in total. The number of anilines is 1. The van der Waals surface area contributed by atoms with Crippen molar-refractivity contribution in [1.29, 1.82) is 0 Å². The van der Waals surface area contributed by atoms with E-state index in [0.717, 1.165) is 18.8 Å². The van der Waals surface area contributed by atoms with Gasteiger partial charge in [0.25, 0.3) is 5.91 Å². The van der Waals surface area contributed by atoms with E-state index in [1.54, 1.807) is 0 Å². The minimum absolute atomic E-state index is 0.0129. The summed E-state index contributed by atoms with van der Waals surface area (Å²) in [6.07, 6.45) is 7.93. The van der Waals surface area contributed by atoms with Gasteiger partial charge in [0.05, 0.1) is 11.3 Å². The van der Waals surface area contributed by atoms with Gasteiger partial charge >= 0.3 is 0 Å². The van der Waals surface area contributed by atoms with Crippen molar-refractivity contribution in [3.05, 3.63) is 17.5 Å². The molecule has 1 aromatic heterocycles. The molecule has 1 aromatic rings. The van der Waals surface area contributed by atoms with Gasteiger partial charge in [-0.3, -0.25) is 4.79 Å². The molecule has 1 aliphatic carbocycles. The average Bonchev–Trinajstić information content (AvgIpc) is 2.55. The van der Waals surface area contributed by atoms with Gasteiger partial charge in [-0.25, -0.2) is 9.97 Å². The Labute approximate surface area is 144 Å². The van der Waals surface area contributed by atoms with E-state index in [0.29, 0.717) is 29.7 Å². The molecule has 0 atom stereocenters. The highest BCUT2D eigenvalue weighted by Crippen LogP contribution is 2.28. The van der Waals surface area contributed by atoms with E-state index in [9.17, 15) is 9.90 Å². The van der Waals surface area contributed by atoms with Crippen LogP contribution in [0, 0.1) is 11.3 Å². The first-order chi connectivity index (χ1) is 11.3. The monoisotopic (exact) mass is 334 g/mol. The first-order valence-corrected chi connectivity index (χ1v) is 8.87. The average molecular weight is 334 g/mol. The molecule has 1 fully saturated rings. The summed E-state index contributed by atoms with van der Waals surface area (Å²) >= 11 is 0. The molecule has 0 aromatic carbocycles. The molecule has 2 rings (SSSR count). The van der Waals surface area contributed by atoms with E-state index in [1.165, 1.54) is 25.5 Å². The number of amides is 1. The topological polar surface area (TPSA) is 101 Å². The van der Waals surface area contributed by atoms with E-state index in [4.69, 9.17) is 5.73 Å². The Morgan fingerprint density at radius 3 is 2.58 bits per heavy atom. The second-order valence-corrected chi connectivity index (χ2v) is 7.69. The number of nitrogens with two attached hydrogens (primary N) is 1. The Morgan fingerprint density at radius 2 is 2.04 bits per heavy atom. The molecule has 4 N–H and O–H groups in total. The Balaban J connectivity index is 2.12. The largest absolute Gasteiger partial charge is 0.396 e. The summed E-state index contributed by atoms with van der Waals surface area (Å²) < 4.78 is 0. The SMILES string of the molecule is CCC1CCC(Nc2ncc(C(N)=O)c(CC(C)(C)CO)n2)CC1. The summed E-state index contributed by atoms with van der Waals surface area (Å²) in [6, 6.07) is 0.380. The van der Waals surface area contributed by atoms with Crippen molar-refractivity contribution in [2.24, 2.45) is 17.1 Å². The number of rotatable bonds is 7. The van der Waals surface area contributed by atoms with Gasteiger partial charge in [-0.05, 0) is 43.4 Å². The van der Waals surface area contributed by atoms with Crippen LogP contribution < -0.4 is 11.1 Å². The van der Waals surface area contributed by atoms with Crippen molar-refractivity contribution in [3.63, 3.8) is 0 Å². The zero-order valence-electron chi connectivity index (χ0n) is 15.0. The molecule has 0 aliphatic heterocycles. The first kappa shape index (κ1) is 18.6. The molecular formula is C18H30N4O2. The normalized spacial score (nSPS) is 21.5. The van der Waals surface area contributed by atoms with Crippen molar-refractivity contribution in [3.8, 4) is 0 Å². The number of hydrogen-bond acceptors (Lipinski definition) is 5. The summed E-state index contributed by atoms with van der Waals surface area (Å²) in [7, 11) is 0. The minimum atomic E-state index is -0.534. The summed E-state index contributed by atoms with van der Waals surface area (Å²) in [5, 5.41) is 12.9. The fraction of sp³-hybridized carbons (Fsp3) is 0.722. The molecule has 6 heteroatoms. The van der Waals surface area contributed by atoms with Crippen LogP contribution in [0.2, 0.25) is 0 Å². The molecular weight excluding hydrogens is 304 g/mol. The van der Waals surface area contributed by atoms with E-state index >= 15 is 0 Å². The van der Waals surface area contributed by atoms with Gasteiger partial charge in [-0.1, -0.05) is 27.2 Å². The van der Waals surface area contributed by atoms with Gasteiger partial charge in [0.1, 0.15) is 0 Å². The second kappa shape index (κ2) is 7.92. The fourth-order valence-corrected chi connectivity index (χ4v) is 3.23. The quantitative estimate of drug-likeness (QED) is 0.711. The number of aliphatic hydroxyl groups excluding tert-OH is 1. The van der Waals surface area contributed by atoms with Crippen LogP contribution >= 0.6 is 0 Å². The van der Waals surface area contributed by atoms with Crippen LogP contribution in [0.15, 0.2) is 6.20 Å². The summed E-state index contributed by atoms with van der Waals surface area (Å²) in [4.78, 5) is 20.4. The van der Waals surface area contributed by atoms with Crippen molar-refractivity contribution in [2.45, 2.75) is 65.3 Å². The number of nitrogens with zero attached hydrogens (tertiary/aromatic N) is 2. The number of carbonyl (C=O) groups is 1. The van der Waals surface area contributed by atoms with Crippen molar-refractivity contribution >= 4 is 11.9 Å². The first-order valence-electron chi connectivity index (χ1n) is 8.87. The van der Waals surface area contributed by atoms with Gasteiger partial charge in [0, 0.05) is 18.8 Å². The number of nitrogens with one attached hydrogen (secondary N) is 1. The Hall–Kier alpha value is -1.69. The molecule has 1 saturated carbocycles. The number of carbonyl (C=O) groups excluding carboxylic acids is 1. The molecule has 0 saturated heterocycles. The molecule has 1 heterocycles. The second-order valence-electron chi connectivity index (χ2n) is 7.69. The van der Waals surface area contributed by atoms with Gasteiger partial charge in [0.15, 0.2) is 0 Å². The molecule has 134 valence electrons. The molecule has 0 spiro atoms. The molecule has 0 unspecified atom stereocenters. The number of primary amides is 1. The maximum absolute atomic E-state index is 11.6. The van der Waals surface area contributed by atoms with Crippen molar-refractivity contribution in [2.75, 3.05) is 11.9 Å². The zero-order valence-corrected chi connectivity index (χ0v) is 15.0. The molecule has 0 bridgehead atoms. The Kier molecular flexibility index (Phi) is 6.15. The van der Waals surface area contributed by atoms with Crippen molar-refractivity contribution < 1.29 is 9.90 Å². The van der Waals surface area contributed by atoms with E-state index in [2.05, 4.69) is 22.2 Å². The van der Waals surface area contributed by atoms with Gasteiger partial charge < -0.3 is 16.2 Å². The number of aliphatic hydroxyl groups is 1. The molecule has 1 amide bonds. The zero-order chi connectivity index (χ0) is 17.7. The van der Waals surface area contributed by atoms with Crippen molar-refractivity contribution in [1.82, 2.24) is 9.97 Å². The van der Waals surface area contributed by atoms with Gasteiger partial charge in [-0.2, -0.15) is 0 Å². The maximum atomic E-state index is 11.6. The predicted octanol–water partition coefficient (Wildman–Crippen LogP) is 2.52. The van der Waals surface area contributed by atoms with Gasteiger partial charge in [0.2, 0.25) is 5.95 Å². The smallest absolute Gasteiger partial charge is 0.252 e. The number of aromatic nitrogens is 2. The highest BCUT2D eigenvalue weighted by Gasteiger charge is 2.24. The fourth-order valence-electron chi connectivity index (χ4n) is 3.23. The van der Waals surface area contributed by atoms with Crippen LogP contribution in [0.3, 0.4) is 0 Å². The van der Waals surface area contributed by atoms with Crippen LogP contribution in [-0.2, 0) is 6.42 Å². The summed E-state index contributed by atoms with van der Waals surface area (Å²) in [5.74, 6) is 0.847. The third kappa shape index (κ3) is 4.90. The standard InChI is InChI=1S/C18H30N4O2/c1-4-12-5-7-13(8-6-12)21-17-20-10-14(16(19)24)15(22-17)9-18(2,3)11-23/h10,12-13,23H,4-9,11H2,1-3H3,(H2,19,24)(H,20,21,22). The molecule has 24 heavy (non-hydrogen) atoms. The third-order valence-electron chi connectivity index (χ3n) is 4.96. The minimum Gasteiger partial charge on any atom is -0.396 e. The highest BCUT2D eigenvalue weighted by molar-refractivity contribution is 5.93. The third-order valence-corrected chi connectivity index (χ3v) is 4.96. The van der Waals surface area contributed by atoms with Gasteiger partial charge in [-0.15, -0.1) is 0 Å². The Bertz CT molecular complexity index is 566. The van der Waals surface area contributed by atoms with Crippen LogP contribution in [0.5, 0.6) is 0 Å². The highest BCUT2D eigenvalue weighted by atomic mass is 16.3. The van der Waals surface area contributed by atoms with E-state index in [-0.39, 0.29) is 12.0 Å². The van der Waals surface area contributed by atoms with E-state index in [1.807, 2.05) is 13.8 Å².